The van der Waals surface area contributed by atoms with Gasteiger partial charge in [-0.3, -0.25) is 4.79 Å². The van der Waals surface area contributed by atoms with E-state index in [9.17, 15) is 14.0 Å². The van der Waals surface area contributed by atoms with Crippen LogP contribution in [0.3, 0.4) is 0 Å². The van der Waals surface area contributed by atoms with E-state index in [0.29, 0.717) is 17.1 Å². The van der Waals surface area contributed by atoms with Crippen molar-refractivity contribution >= 4 is 17.6 Å². The minimum atomic E-state index is -0.441. The second-order valence-electron chi connectivity index (χ2n) is 8.34. The van der Waals surface area contributed by atoms with Gasteiger partial charge in [-0.2, -0.15) is 5.10 Å². The third-order valence-electron chi connectivity index (χ3n) is 5.94. The van der Waals surface area contributed by atoms with Crippen LogP contribution in [0.2, 0.25) is 0 Å². The molecule has 0 saturated carbocycles. The van der Waals surface area contributed by atoms with E-state index in [2.05, 4.69) is 15.7 Å². The highest BCUT2D eigenvalue weighted by Crippen LogP contribution is 2.22. The zero-order valence-electron chi connectivity index (χ0n) is 19.0. The topological polar surface area (TPSA) is 84.2 Å². The lowest BCUT2D eigenvalue weighted by atomic mass is 10.2. The van der Waals surface area contributed by atoms with Gasteiger partial charge in [-0.05, 0) is 54.8 Å². The maximum absolute atomic E-state index is 14.5. The number of halogens is 1. The SMILES string of the molecule is O=C(NCc1cccc(NC(=O)N2CCCC2)c1)c1cnn(-c2ccccc2F)c1-n1cccc1. The van der Waals surface area contributed by atoms with Crippen molar-refractivity contribution in [1.29, 1.82) is 0 Å². The number of nitrogens with one attached hydrogen (secondary N) is 2. The van der Waals surface area contributed by atoms with Gasteiger partial charge >= 0.3 is 6.03 Å². The number of aromatic nitrogens is 3. The Morgan fingerprint density at radius 2 is 1.74 bits per heavy atom. The summed E-state index contributed by atoms with van der Waals surface area (Å²) in [6.45, 7) is 1.79. The van der Waals surface area contributed by atoms with Gasteiger partial charge in [-0.1, -0.05) is 24.3 Å². The molecule has 1 saturated heterocycles. The van der Waals surface area contributed by atoms with Crippen molar-refractivity contribution in [3.63, 3.8) is 0 Å². The molecule has 0 unspecified atom stereocenters. The first-order valence-electron chi connectivity index (χ1n) is 11.5. The second-order valence-corrected chi connectivity index (χ2v) is 8.34. The van der Waals surface area contributed by atoms with Gasteiger partial charge in [0.1, 0.15) is 17.1 Å². The van der Waals surface area contributed by atoms with Crippen LogP contribution in [0.15, 0.2) is 79.3 Å². The zero-order valence-corrected chi connectivity index (χ0v) is 19.0. The summed E-state index contributed by atoms with van der Waals surface area (Å²) in [5.74, 6) is -0.351. The monoisotopic (exact) mass is 472 g/mol. The minimum Gasteiger partial charge on any atom is -0.348 e. The van der Waals surface area contributed by atoms with Crippen LogP contribution in [0.5, 0.6) is 0 Å². The minimum absolute atomic E-state index is 0.111. The Hall–Kier alpha value is -4.40. The molecule has 0 bridgehead atoms. The molecule has 3 heterocycles. The number of hydrogen-bond acceptors (Lipinski definition) is 3. The molecular formula is C26H25FN6O2. The molecule has 0 atom stereocenters. The van der Waals surface area contributed by atoms with E-state index in [1.54, 1.807) is 40.1 Å². The van der Waals surface area contributed by atoms with Crippen LogP contribution in [0.25, 0.3) is 11.5 Å². The molecule has 4 aromatic rings. The van der Waals surface area contributed by atoms with Crippen LogP contribution in [0.1, 0.15) is 28.8 Å². The number of benzene rings is 2. The summed E-state index contributed by atoms with van der Waals surface area (Å²) in [5.41, 5.74) is 2.07. The molecule has 0 spiro atoms. The van der Waals surface area contributed by atoms with Gasteiger partial charge in [0.2, 0.25) is 0 Å². The van der Waals surface area contributed by atoms with Gasteiger partial charge in [-0.25, -0.2) is 13.9 Å². The first-order valence-corrected chi connectivity index (χ1v) is 11.5. The molecule has 1 aliphatic rings. The largest absolute Gasteiger partial charge is 0.348 e. The van der Waals surface area contributed by atoms with Gasteiger partial charge in [0.25, 0.3) is 5.91 Å². The Kier molecular flexibility index (Phi) is 6.30. The predicted molar refractivity (Wildman–Crippen MR) is 130 cm³/mol. The van der Waals surface area contributed by atoms with E-state index in [0.717, 1.165) is 31.5 Å². The van der Waals surface area contributed by atoms with Gasteiger partial charge in [0, 0.05) is 37.7 Å². The number of hydrogen-bond donors (Lipinski definition) is 2. The van der Waals surface area contributed by atoms with Crippen molar-refractivity contribution in [1.82, 2.24) is 24.6 Å². The van der Waals surface area contributed by atoms with E-state index >= 15 is 0 Å². The Morgan fingerprint density at radius 1 is 0.971 bits per heavy atom. The molecule has 1 aliphatic heterocycles. The third-order valence-corrected chi connectivity index (χ3v) is 5.94. The van der Waals surface area contributed by atoms with Crippen LogP contribution in [-0.2, 0) is 6.54 Å². The molecule has 2 aromatic heterocycles. The predicted octanol–water partition coefficient (Wildman–Crippen LogP) is 4.36. The molecule has 0 aliphatic carbocycles. The van der Waals surface area contributed by atoms with Gasteiger partial charge in [0.05, 0.1) is 6.20 Å². The van der Waals surface area contributed by atoms with Crippen LogP contribution in [-0.4, -0.2) is 44.3 Å². The van der Waals surface area contributed by atoms with Crippen molar-refractivity contribution in [2.45, 2.75) is 19.4 Å². The molecule has 3 amide bonds. The number of likely N-dealkylation sites (tertiary alicyclic amines) is 1. The second kappa shape index (κ2) is 9.84. The summed E-state index contributed by atoms with van der Waals surface area (Å²) in [6, 6.07) is 17.2. The first-order chi connectivity index (χ1) is 17.1. The molecule has 8 nitrogen and oxygen atoms in total. The smallest absolute Gasteiger partial charge is 0.321 e. The lowest BCUT2D eigenvalue weighted by molar-refractivity contribution is 0.0951. The summed E-state index contributed by atoms with van der Waals surface area (Å²) >= 11 is 0. The molecule has 0 radical (unpaired) electrons. The molecule has 2 aromatic carbocycles. The van der Waals surface area contributed by atoms with Crippen molar-refractivity contribution in [3.05, 3.63) is 96.2 Å². The number of nitrogens with zero attached hydrogens (tertiary/aromatic N) is 4. The Labute approximate surface area is 202 Å². The molecule has 35 heavy (non-hydrogen) atoms. The van der Waals surface area contributed by atoms with Crippen molar-refractivity contribution in [2.75, 3.05) is 18.4 Å². The Morgan fingerprint density at radius 3 is 2.51 bits per heavy atom. The van der Waals surface area contributed by atoms with Crippen molar-refractivity contribution in [3.8, 4) is 11.5 Å². The summed E-state index contributed by atoms with van der Waals surface area (Å²) < 4.78 is 17.6. The maximum Gasteiger partial charge on any atom is 0.321 e. The zero-order chi connectivity index (χ0) is 24.2. The van der Waals surface area contributed by atoms with Crippen molar-refractivity contribution in [2.24, 2.45) is 0 Å². The number of para-hydroxylation sites is 1. The fourth-order valence-corrected chi connectivity index (χ4v) is 4.19. The van der Waals surface area contributed by atoms with E-state index < -0.39 is 5.82 Å². The molecule has 178 valence electrons. The fourth-order valence-electron chi connectivity index (χ4n) is 4.19. The van der Waals surface area contributed by atoms with E-state index in [1.807, 2.05) is 36.4 Å². The van der Waals surface area contributed by atoms with Gasteiger partial charge in [0.15, 0.2) is 5.82 Å². The van der Waals surface area contributed by atoms with E-state index in [4.69, 9.17) is 0 Å². The normalized spacial score (nSPS) is 13.1. The Balaban J connectivity index is 1.34. The number of carbonyl (C=O) groups is 2. The summed E-state index contributed by atoms with van der Waals surface area (Å²) in [6.07, 6.45) is 7.04. The highest BCUT2D eigenvalue weighted by atomic mass is 19.1. The number of anilines is 1. The van der Waals surface area contributed by atoms with Crippen LogP contribution in [0, 0.1) is 5.82 Å². The number of urea groups is 1. The highest BCUT2D eigenvalue weighted by Gasteiger charge is 2.21. The van der Waals surface area contributed by atoms with Gasteiger partial charge in [-0.15, -0.1) is 0 Å². The summed E-state index contributed by atoms with van der Waals surface area (Å²) in [4.78, 5) is 27.3. The number of rotatable bonds is 6. The summed E-state index contributed by atoms with van der Waals surface area (Å²) in [7, 11) is 0. The molecule has 1 fully saturated rings. The maximum atomic E-state index is 14.5. The number of carbonyl (C=O) groups excluding carboxylic acids is 2. The van der Waals surface area contributed by atoms with Crippen LogP contribution < -0.4 is 10.6 Å². The lowest BCUT2D eigenvalue weighted by Crippen LogP contribution is -2.32. The fraction of sp³-hybridized carbons (Fsp3) is 0.192. The van der Waals surface area contributed by atoms with E-state index in [-0.39, 0.29) is 24.2 Å². The molecule has 5 rings (SSSR count). The van der Waals surface area contributed by atoms with Crippen LogP contribution in [0.4, 0.5) is 14.9 Å². The summed E-state index contributed by atoms with van der Waals surface area (Å²) in [5, 5.41) is 10.1. The highest BCUT2D eigenvalue weighted by molar-refractivity contribution is 5.97. The third kappa shape index (κ3) is 4.79. The standard InChI is InChI=1S/C26H25FN6O2/c27-22-10-1-2-11-23(22)33-25(31-12-3-4-13-31)21(18-29-33)24(34)28-17-19-8-7-9-20(16-19)30-26(35)32-14-5-6-15-32/h1-4,7-13,16,18H,5-6,14-15,17H2,(H,28,34)(H,30,35). The average Bonchev–Trinajstić information content (AvgIpc) is 3.64. The van der Waals surface area contributed by atoms with E-state index in [1.165, 1.54) is 16.9 Å². The first kappa shape index (κ1) is 22.4. The van der Waals surface area contributed by atoms with Crippen LogP contribution >= 0.6 is 0 Å². The Bertz CT molecular complexity index is 1340. The lowest BCUT2D eigenvalue weighted by Gasteiger charge is -2.16. The molecular weight excluding hydrogens is 447 g/mol. The van der Waals surface area contributed by atoms with Gasteiger partial charge < -0.3 is 20.1 Å². The molecule has 9 heteroatoms. The quantitative estimate of drug-likeness (QED) is 0.437. The van der Waals surface area contributed by atoms with Crippen molar-refractivity contribution < 1.29 is 14.0 Å². The number of amides is 3. The molecule has 2 N–H and O–H groups in total. The average molecular weight is 473 g/mol.